The summed E-state index contributed by atoms with van der Waals surface area (Å²) in [6, 6.07) is 0. The van der Waals surface area contributed by atoms with Gasteiger partial charge in [-0.25, -0.2) is 0 Å². The van der Waals surface area contributed by atoms with Crippen molar-refractivity contribution in [3.63, 3.8) is 0 Å². The molecule has 11 heavy (non-hydrogen) atoms. The third-order valence-corrected chi connectivity index (χ3v) is 2.70. The Kier molecular flexibility index (Phi) is 2.94. The van der Waals surface area contributed by atoms with E-state index in [0.717, 1.165) is 6.61 Å². The molecule has 0 aromatic carbocycles. The zero-order valence-corrected chi connectivity index (χ0v) is 8.02. The van der Waals surface area contributed by atoms with Crippen molar-refractivity contribution in [2.24, 2.45) is 5.41 Å². The Hall–Kier alpha value is -0.0400. The minimum absolute atomic E-state index is 0.657. The first kappa shape index (κ1) is 9.05. The average Bonchev–Trinajstić information content (AvgIpc) is 2.44. The smallest absolute Gasteiger partial charge is 0.0587 e. The predicted octanol–water partition coefficient (Wildman–Crippen LogP) is 2.99. The molecule has 1 nitrogen and oxygen atoms in total. The van der Waals surface area contributed by atoms with Crippen molar-refractivity contribution in [1.29, 1.82) is 0 Å². The summed E-state index contributed by atoms with van der Waals surface area (Å²) in [5.41, 5.74) is 0.657. The summed E-state index contributed by atoms with van der Waals surface area (Å²) in [7, 11) is 0. The van der Waals surface area contributed by atoms with Gasteiger partial charge in [0.2, 0.25) is 0 Å². The molecule has 0 N–H and O–H groups in total. The molecule has 1 heteroatoms. The lowest BCUT2D eigenvalue weighted by Crippen LogP contribution is -2.31. The fraction of sp³-hybridized carbons (Fsp3) is 1.00. The molecule has 0 aromatic heterocycles. The van der Waals surface area contributed by atoms with Crippen LogP contribution in [0.5, 0.6) is 0 Å². The number of rotatable bonds is 1. The molecular formula is C10H20O. The molecule has 3 aliphatic rings. The molecule has 0 unspecified atom stereocenters. The standard InChI is InChI=1S/C7H12O.C3H8/c1-2-7-3-6(4-7)8-5-7;1-3-2/h6H,2-5H2,1H3;3H2,1-2H3. The second-order valence-corrected chi connectivity index (χ2v) is 3.90. The minimum Gasteiger partial charge on any atom is -0.378 e. The number of fused-ring (bicyclic) bond motifs is 1. The number of ether oxygens (including phenoxy) is 1. The van der Waals surface area contributed by atoms with Gasteiger partial charge in [-0.1, -0.05) is 27.2 Å². The topological polar surface area (TPSA) is 9.23 Å². The van der Waals surface area contributed by atoms with Gasteiger partial charge < -0.3 is 4.74 Å². The Labute approximate surface area is 70.1 Å². The number of hydrogen-bond acceptors (Lipinski definition) is 1. The molecule has 1 aliphatic carbocycles. The third-order valence-electron chi connectivity index (χ3n) is 2.70. The summed E-state index contributed by atoms with van der Waals surface area (Å²) in [4.78, 5) is 0. The summed E-state index contributed by atoms with van der Waals surface area (Å²) in [6.45, 7) is 7.57. The van der Waals surface area contributed by atoms with Crippen LogP contribution in [0.3, 0.4) is 0 Å². The van der Waals surface area contributed by atoms with E-state index < -0.39 is 0 Å². The van der Waals surface area contributed by atoms with Gasteiger partial charge in [0.15, 0.2) is 0 Å². The van der Waals surface area contributed by atoms with E-state index in [4.69, 9.17) is 4.74 Å². The summed E-state index contributed by atoms with van der Waals surface area (Å²) in [5.74, 6) is 0. The van der Waals surface area contributed by atoms with Gasteiger partial charge in [-0.05, 0) is 24.7 Å². The van der Waals surface area contributed by atoms with E-state index in [1.54, 1.807) is 0 Å². The Morgan fingerprint density at radius 2 is 1.82 bits per heavy atom. The van der Waals surface area contributed by atoms with E-state index in [2.05, 4.69) is 20.8 Å². The van der Waals surface area contributed by atoms with Crippen molar-refractivity contribution in [1.82, 2.24) is 0 Å². The van der Waals surface area contributed by atoms with Crippen molar-refractivity contribution in [3.05, 3.63) is 0 Å². The highest BCUT2D eigenvalue weighted by atomic mass is 16.5. The quantitative estimate of drug-likeness (QED) is 0.567. The highest BCUT2D eigenvalue weighted by Gasteiger charge is 2.50. The fourth-order valence-electron chi connectivity index (χ4n) is 1.83. The van der Waals surface area contributed by atoms with Crippen LogP contribution in [0.25, 0.3) is 0 Å². The van der Waals surface area contributed by atoms with Crippen LogP contribution in [0.2, 0.25) is 0 Å². The van der Waals surface area contributed by atoms with Gasteiger partial charge in [0, 0.05) is 0 Å². The van der Waals surface area contributed by atoms with Crippen LogP contribution in [-0.4, -0.2) is 12.7 Å². The SMILES string of the molecule is CCC.CCC12COC(C1)C2. The van der Waals surface area contributed by atoms with Crippen LogP contribution in [0.15, 0.2) is 0 Å². The van der Waals surface area contributed by atoms with Gasteiger partial charge in [0.05, 0.1) is 12.7 Å². The normalized spacial score (nSPS) is 39.0. The van der Waals surface area contributed by atoms with Crippen LogP contribution in [0, 0.1) is 5.41 Å². The van der Waals surface area contributed by atoms with Gasteiger partial charge in [-0.15, -0.1) is 0 Å². The molecule has 2 heterocycles. The van der Waals surface area contributed by atoms with Crippen molar-refractivity contribution in [2.45, 2.75) is 52.6 Å². The monoisotopic (exact) mass is 156 g/mol. The molecule has 0 aromatic rings. The van der Waals surface area contributed by atoms with E-state index in [1.165, 1.54) is 25.7 Å². The van der Waals surface area contributed by atoms with E-state index in [9.17, 15) is 0 Å². The highest BCUT2D eigenvalue weighted by molar-refractivity contribution is 4.99. The predicted molar refractivity (Wildman–Crippen MR) is 47.7 cm³/mol. The molecule has 2 aliphatic heterocycles. The van der Waals surface area contributed by atoms with Crippen molar-refractivity contribution in [3.8, 4) is 0 Å². The van der Waals surface area contributed by atoms with Crippen molar-refractivity contribution in [2.75, 3.05) is 6.61 Å². The van der Waals surface area contributed by atoms with E-state index in [0.29, 0.717) is 11.5 Å². The van der Waals surface area contributed by atoms with E-state index >= 15 is 0 Å². The minimum atomic E-state index is 0.657. The fourth-order valence-corrected chi connectivity index (χ4v) is 1.83. The third kappa shape index (κ3) is 1.76. The lowest BCUT2D eigenvalue weighted by molar-refractivity contribution is 0.110. The first-order chi connectivity index (χ1) is 5.26. The van der Waals surface area contributed by atoms with Gasteiger partial charge >= 0.3 is 0 Å². The lowest BCUT2D eigenvalue weighted by Gasteiger charge is -2.33. The van der Waals surface area contributed by atoms with E-state index in [1.807, 2.05) is 0 Å². The molecule has 0 radical (unpaired) electrons. The Morgan fingerprint density at radius 3 is 2.00 bits per heavy atom. The summed E-state index contributed by atoms with van der Waals surface area (Å²) < 4.78 is 5.42. The second-order valence-electron chi connectivity index (χ2n) is 3.90. The van der Waals surface area contributed by atoms with Gasteiger partial charge in [0.25, 0.3) is 0 Å². The van der Waals surface area contributed by atoms with Gasteiger partial charge in [0.1, 0.15) is 0 Å². The van der Waals surface area contributed by atoms with Crippen LogP contribution < -0.4 is 0 Å². The summed E-state index contributed by atoms with van der Waals surface area (Å²) in [5, 5.41) is 0. The molecule has 3 rings (SSSR count). The van der Waals surface area contributed by atoms with Crippen LogP contribution in [0.4, 0.5) is 0 Å². The molecule has 3 fully saturated rings. The van der Waals surface area contributed by atoms with Gasteiger partial charge in [-0.3, -0.25) is 0 Å². The zero-order valence-electron chi connectivity index (χ0n) is 8.02. The van der Waals surface area contributed by atoms with Crippen LogP contribution in [-0.2, 0) is 4.74 Å². The Morgan fingerprint density at radius 1 is 1.27 bits per heavy atom. The average molecular weight is 156 g/mol. The first-order valence-corrected chi connectivity index (χ1v) is 4.88. The Bertz CT molecular complexity index is 109. The largest absolute Gasteiger partial charge is 0.378 e. The molecule has 2 bridgehead atoms. The Balaban J connectivity index is 0.000000179. The molecule has 66 valence electrons. The summed E-state index contributed by atoms with van der Waals surface area (Å²) >= 11 is 0. The maximum Gasteiger partial charge on any atom is 0.0587 e. The molecule has 1 saturated carbocycles. The molecule has 0 atom stereocenters. The second kappa shape index (κ2) is 3.57. The maximum absolute atomic E-state index is 5.42. The van der Waals surface area contributed by atoms with Crippen LogP contribution >= 0.6 is 0 Å². The highest BCUT2D eigenvalue weighted by Crippen LogP contribution is 2.51. The van der Waals surface area contributed by atoms with Crippen LogP contribution in [0.1, 0.15) is 46.5 Å². The summed E-state index contributed by atoms with van der Waals surface area (Å²) in [6.07, 6.45) is 5.94. The van der Waals surface area contributed by atoms with Crippen molar-refractivity contribution < 1.29 is 4.74 Å². The number of hydrogen-bond donors (Lipinski definition) is 0. The lowest BCUT2D eigenvalue weighted by atomic mass is 9.69. The molecule has 0 amide bonds. The van der Waals surface area contributed by atoms with E-state index in [-0.39, 0.29) is 0 Å². The first-order valence-electron chi connectivity index (χ1n) is 4.88. The van der Waals surface area contributed by atoms with Crippen molar-refractivity contribution >= 4 is 0 Å². The van der Waals surface area contributed by atoms with Gasteiger partial charge in [-0.2, -0.15) is 0 Å². The molecular weight excluding hydrogens is 136 g/mol. The zero-order chi connectivity index (χ0) is 8.32. The molecule has 2 saturated heterocycles. The maximum atomic E-state index is 5.42. The molecule has 0 spiro atoms.